The molecule has 19 heteroatoms. The predicted molar refractivity (Wildman–Crippen MR) is 409 cm³/mol. The number of aliphatic hydroxyl groups excluding tert-OH is 1. The first-order valence-electron chi connectivity index (χ1n) is 42.1. The third-order valence-corrected chi connectivity index (χ3v) is 20.9. The van der Waals surface area contributed by atoms with Crippen molar-refractivity contribution in [1.82, 2.24) is 0 Å². The van der Waals surface area contributed by atoms with E-state index in [0.29, 0.717) is 25.7 Å². The highest BCUT2D eigenvalue weighted by atomic mass is 31.2. The van der Waals surface area contributed by atoms with Crippen LogP contribution in [0, 0.1) is 5.92 Å². The Morgan fingerprint density at radius 2 is 0.460 bits per heavy atom. The number of carbonyl (C=O) groups is 4. The van der Waals surface area contributed by atoms with E-state index in [1.54, 1.807) is 0 Å². The van der Waals surface area contributed by atoms with Gasteiger partial charge in [0.25, 0.3) is 0 Å². The molecule has 0 bridgehead atoms. The van der Waals surface area contributed by atoms with E-state index in [0.717, 1.165) is 102 Å². The minimum atomic E-state index is -4.96. The molecule has 0 fully saturated rings. The molecule has 0 aliphatic rings. The van der Waals surface area contributed by atoms with Crippen molar-refractivity contribution in [2.24, 2.45) is 5.92 Å². The average molecular weight is 1470 g/mol. The zero-order chi connectivity index (χ0) is 73.4. The number of phosphoric acid groups is 2. The maximum Gasteiger partial charge on any atom is 0.472 e. The van der Waals surface area contributed by atoms with Gasteiger partial charge in [-0.25, -0.2) is 9.13 Å². The predicted octanol–water partition coefficient (Wildman–Crippen LogP) is 24.4. The van der Waals surface area contributed by atoms with Crippen LogP contribution in [0.5, 0.6) is 0 Å². The first kappa shape index (κ1) is 98.1. The van der Waals surface area contributed by atoms with Crippen molar-refractivity contribution < 1.29 is 80.2 Å². The molecule has 594 valence electrons. The number of rotatable bonds is 81. The molecule has 3 N–H and O–H groups in total. The van der Waals surface area contributed by atoms with Gasteiger partial charge in [-0.2, -0.15) is 0 Å². The highest BCUT2D eigenvalue weighted by Gasteiger charge is 2.30. The Labute approximate surface area is 613 Å². The quantitative estimate of drug-likeness (QED) is 0.0222. The molecule has 0 heterocycles. The number of esters is 4. The molecular weight excluding hydrogens is 1310 g/mol. The van der Waals surface area contributed by atoms with Crippen LogP contribution in [0.2, 0.25) is 0 Å². The SMILES string of the molecule is CCCCCCCCCCCCCCCCCCCCCCCCC(=O)O[C@H](COC(=O)CCCCCCCCCCCCCCCCCCC)COP(=O)(O)OC[C@@H](O)COP(=O)(O)OC[C@@H](COC(=O)CCCCCCC)OC(=O)CCCCCCCCCCCCCCCC(C)C. The van der Waals surface area contributed by atoms with Crippen molar-refractivity contribution in [3.8, 4) is 0 Å². The van der Waals surface area contributed by atoms with E-state index in [1.165, 1.54) is 250 Å². The Morgan fingerprint density at radius 3 is 0.680 bits per heavy atom. The minimum Gasteiger partial charge on any atom is -0.462 e. The van der Waals surface area contributed by atoms with E-state index in [2.05, 4.69) is 34.6 Å². The molecule has 100 heavy (non-hydrogen) atoms. The number of carbonyl (C=O) groups excluding carboxylic acids is 4. The second-order valence-corrected chi connectivity index (χ2v) is 32.5. The van der Waals surface area contributed by atoms with Crippen molar-refractivity contribution in [3.05, 3.63) is 0 Å². The van der Waals surface area contributed by atoms with Gasteiger partial charge in [0.05, 0.1) is 26.4 Å². The van der Waals surface area contributed by atoms with Gasteiger partial charge >= 0.3 is 39.5 Å². The average Bonchev–Trinajstić information content (AvgIpc) is 0.918. The first-order chi connectivity index (χ1) is 48.5. The normalized spacial score (nSPS) is 13.8. The lowest BCUT2D eigenvalue weighted by molar-refractivity contribution is -0.161. The summed E-state index contributed by atoms with van der Waals surface area (Å²) in [5.41, 5.74) is 0. The standard InChI is InChI=1S/C81H158O17P2/c1-6-9-12-15-17-19-21-23-25-27-28-29-30-31-33-35-39-43-47-51-56-61-67-81(86)98-77(71-92-79(84)65-60-55-50-46-42-38-34-32-26-24-22-20-18-16-13-10-7-2)73-96-100(89,90)94-69-75(82)68-93-99(87,88)95-72-76(70-91-78(83)64-59-53-14-11-8-3)97-80(85)66-62-57-52-48-44-40-36-37-41-45-49-54-58-63-74(4)5/h74-77,82H,6-73H2,1-5H3,(H,87,88)(H,89,90)/t75-,76+,77+/m0/s1. The van der Waals surface area contributed by atoms with Gasteiger partial charge < -0.3 is 33.8 Å². The van der Waals surface area contributed by atoms with Crippen LogP contribution in [0.15, 0.2) is 0 Å². The van der Waals surface area contributed by atoms with Crippen LogP contribution in [0.25, 0.3) is 0 Å². The van der Waals surface area contributed by atoms with E-state index in [4.69, 9.17) is 37.0 Å². The van der Waals surface area contributed by atoms with Gasteiger partial charge in [-0.15, -0.1) is 0 Å². The van der Waals surface area contributed by atoms with Crippen LogP contribution in [0.1, 0.15) is 433 Å². The van der Waals surface area contributed by atoms with Gasteiger partial charge in [-0.3, -0.25) is 37.3 Å². The molecule has 0 rings (SSSR count). The summed E-state index contributed by atoms with van der Waals surface area (Å²) in [6, 6.07) is 0. The largest absolute Gasteiger partial charge is 0.472 e. The molecule has 0 amide bonds. The third kappa shape index (κ3) is 74.3. The van der Waals surface area contributed by atoms with Crippen molar-refractivity contribution in [3.63, 3.8) is 0 Å². The number of hydrogen-bond donors (Lipinski definition) is 3. The molecule has 0 spiro atoms. The zero-order valence-corrected chi connectivity index (χ0v) is 67.1. The second kappa shape index (κ2) is 73.9. The number of unbranched alkanes of at least 4 members (excludes halogenated alkanes) is 53. The molecule has 0 saturated heterocycles. The lowest BCUT2D eigenvalue weighted by Gasteiger charge is -2.21. The number of ether oxygens (including phenoxy) is 4. The molecule has 2 unspecified atom stereocenters. The van der Waals surface area contributed by atoms with E-state index >= 15 is 0 Å². The molecule has 0 aromatic rings. The molecule has 0 aliphatic heterocycles. The van der Waals surface area contributed by atoms with Crippen LogP contribution < -0.4 is 0 Å². The van der Waals surface area contributed by atoms with Gasteiger partial charge in [-0.1, -0.05) is 381 Å². The van der Waals surface area contributed by atoms with Crippen molar-refractivity contribution in [1.29, 1.82) is 0 Å². The summed E-state index contributed by atoms with van der Waals surface area (Å²) in [5, 5.41) is 10.6. The molecule has 0 aromatic heterocycles. The van der Waals surface area contributed by atoms with Crippen molar-refractivity contribution in [2.75, 3.05) is 39.6 Å². The Balaban J connectivity index is 5.11. The molecule has 17 nitrogen and oxygen atoms in total. The fourth-order valence-electron chi connectivity index (χ4n) is 12.6. The molecular formula is C81H158O17P2. The highest BCUT2D eigenvalue weighted by molar-refractivity contribution is 7.47. The van der Waals surface area contributed by atoms with Crippen molar-refractivity contribution in [2.45, 2.75) is 451 Å². The minimum absolute atomic E-state index is 0.107. The summed E-state index contributed by atoms with van der Waals surface area (Å²) >= 11 is 0. The second-order valence-electron chi connectivity index (χ2n) is 29.6. The topological polar surface area (TPSA) is 237 Å². The summed E-state index contributed by atoms with van der Waals surface area (Å²) in [4.78, 5) is 72.7. The molecule has 0 aromatic carbocycles. The molecule has 5 atom stereocenters. The van der Waals surface area contributed by atoms with E-state index in [-0.39, 0.29) is 25.7 Å². The third-order valence-electron chi connectivity index (χ3n) is 19.0. The Kier molecular flexibility index (Phi) is 72.5. The summed E-state index contributed by atoms with van der Waals surface area (Å²) in [7, 11) is -9.91. The van der Waals surface area contributed by atoms with Crippen LogP contribution in [0.3, 0.4) is 0 Å². The molecule has 0 aliphatic carbocycles. The summed E-state index contributed by atoms with van der Waals surface area (Å²) in [6.07, 6.45) is 65.8. The van der Waals surface area contributed by atoms with E-state index in [9.17, 15) is 43.2 Å². The fourth-order valence-corrected chi connectivity index (χ4v) is 14.2. The van der Waals surface area contributed by atoms with Crippen LogP contribution >= 0.6 is 15.6 Å². The van der Waals surface area contributed by atoms with E-state index < -0.39 is 97.5 Å². The molecule has 0 radical (unpaired) electrons. The smallest absolute Gasteiger partial charge is 0.462 e. The monoisotopic (exact) mass is 1470 g/mol. The summed E-state index contributed by atoms with van der Waals surface area (Å²) in [6.45, 7) is 7.25. The Hall–Kier alpha value is -1.94. The highest BCUT2D eigenvalue weighted by Crippen LogP contribution is 2.45. The Bertz CT molecular complexity index is 1910. The first-order valence-corrected chi connectivity index (χ1v) is 45.1. The van der Waals surface area contributed by atoms with Gasteiger partial charge in [0.15, 0.2) is 12.2 Å². The van der Waals surface area contributed by atoms with Gasteiger partial charge in [0, 0.05) is 25.7 Å². The number of aliphatic hydroxyl groups is 1. The maximum absolute atomic E-state index is 13.1. The zero-order valence-electron chi connectivity index (χ0n) is 65.3. The molecule has 0 saturated carbocycles. The van der Waals surface area contributed by atoms with Crippen LogP contribution in [0.4, 0.5) is 0 Å². The summed E-state index contributed by atoms with van der Waals surface area (Å²) in [5.74, 6) is -1.33. The van der Waals surface area contributed by atoms with Crippen LogP contribution in [-0.4, -0.2) is 96.7 Å². The lowest BCUT2D eigenvalue weighted by atomic mass is 10.0. The maximum atomic E-state index is 13.1. The van der Waals surface area contributed by atoms with Gasteiger partial charge in [0.2, 0.25) is 0 Å². The fraction of sp³-hybridized carbons (Fsp3) is 0.951. The Morgan fingerprint density at radius 1 is 0.270 bits per heavy atom. The van der Waals surface area contributed by atoms with E-state index in [1.807, 2.05) is 0 Å². The lowest BCUT2D eigenvalue weighted by Crippen LogP contribution is -2.30. The van der Waals surface area contributed by atoms with Crippen molar-refractivity contribution >= 4 is 39.5 Å². The number of phosphoric ester groups is 2. The summed E-state index contributed by atoms with van der Waals surface area (Å²) < 4.78 is 68.5. The van der Waals surface area contributed by atoms with Gasteiger partial charge in [0.1, 0.15) is 19.3 Å². The van der Waals surface area contributed by atoms with Crippen LogP contribution in [-0.2, 0) is 65.4 Å². The van der Waals surface area contributed by atoms with Gasteiger partial charge in [-0.05, 0) is 31.6 Å². The number of hydrogen-bond acceptors (Lipinski definition) is 15.